The molecule has 0 bridgehead atoms. The Labute approximate surface area is 104 Å². The topological polar surface area (TPSA) is 29.1 Å². The molecule has 0 rings (SSSR count). The molecular weight excluding hydrogens is 226 g/mol. The van der Waals surface area contributed by atoms with Crippen molar-refractivity contribution in [1.82, 2.24) is 5.32 Å². The van der Waals surface area contributed by atoms with Crippen LogP contribution in [0.1, 0.15) is 46.0 Å². The first-order valence-corrected chi connectivity index (χ1v) is 6.75. The minimum Gasteiger partial charge on any atom is -0.355 e. The van der Waals surface area contributed by atoms with Crippen molar-refractivity contribution in [2.45, 2.75) is 56.5 Å². The molecule has 0 fully saturated rings. The molecule has 0 saturated carbocycles. The maximum absolute atomic E-state index is 11.4. The average Bonchev–Trinajstić information content (AvgIpc) is 2.20. The van der Waals surface area contributed by atoms with Crippen LogP contribution in [0.4, 0.5) is 0 Å². The molecule has 90 valence electrons. The fourth-order valence-electron chi connectivity index (χ4n) is 1.27. The molecule has 0 heterocycles. The van der Waals surface area contributed by atoms with Crippen LogP contribution in [0.25, 0.3) is 0 Å². The number of nitrogens with one attached hydrogen (secondary N) is 1. The van der Waals surface area contributed by atoms with Gasteiger partial charge in [-0.2, -0.15) is 25.3 Å². The van der Waals surface area contributed by atoms with Gasteiger partial charge in [-0.3, -0.25) is 4.79 Å². The third-order valence-electron chi connectivity index (χ3n) is 2.20. The Morgan fingerprint density at radius 3 is 2.40 bits per heavy atom. The first-order chi connectivity index (χ1) is 7.07. The molecule has 1 amide bonds. The Morgan fingerprint density at radius 2 is 1.87 bits per heavy atom. The van der Waals surface area contributed by atoms with Crippen molar-refractivity contribution in [3.05, 3.63) is 0 Å². The van der Waals surface area contributed by atoms with E-state index in [4.69, 9.17) is 0 Å². The van der Waals surface area contributed by atoms with Gasteiger partial charge in [-0.15, -0.1) is 0 Å². The monoisotopic (exact) mass is 249 g/mol. The standard InChI is InChI=1S/C11H23NOS2/c1-3-8-12-11(13)10(15)7-5-4-6-9(2)14/h9-10,14-15H,3-8H2,1-2H3,(H,12,13). The minimum atomic E-state index is -0.147. The van der Waals surface area contributed by atoms with Crippen molar-refractivity contribution in [2.24, 2.45) is 0 Å². The van der Waals surface area contributed by atoms with E-state index in [9.17, 15) is 4.79 Å². The smallest absolute Gasteiger partial charge is 0.232 e. The molecule has 2 atom stereocenters. The van der Waals surface area contributed by atoms with Crippen LogP contribution < -0.4 is 5.32 Å². The molecule has 0 aliphatic carbocycles. The summed E-state index contributed by atoms with van der Waals surface area (Å²) in [6, 6.07) is 0. The van der Waals surface area contributed by atoms with Crippen molar-refractivity contribution in [3.63, 3.8) is 0 Å². The number of carbonyl (C=O) groups excluding carboxylic acids is 1. The first kappa shape index (κ1) is 15.2. The second kappa shape index (κ2) is 9.40. The molecule has 0 aromatic carbocycles. The molecule has 1 N–H and O–H groups in total. The van der Waals surface area contributed by atoms with Crippen molar-refractivity contribution >= 4 is 31.2 Å². The lowest BCUT2D eigenvalue weighted by Gasteiger charge is -2.11. The van der Waals surface area contributed by atoms with Crippen molar-refractivity contribution < 1.29 is 4.79 Å². The minimum absolute atomic E-state index is 0.0686. The van der Waals surface area contributed by atoms with Gasteiger partial charge in [0.15, 0.2) is 0 Å². The van der Waals surface area contributed by atoms with Crippen LogP contribution in [0.2, 0.25) is 0 Å². The molecular formula is C11H23NOS2. The maximum Gasteiger partial charge on any atom is 0.232 e. The zero-order valence-corrected chi connectivity index (χ0v) is 11.5. The molecule has 2 unspecified atom stereocenters. The molecule has 0 aliphatic heterocycles. The van der Waals surface area contributed by atoms with Crippen LogP contribution in [-0.4, -0.2) is 23.0 Å². The summed E-state index contributed by atoms with van der Waals surface area (Å²) in [5, 5.41) is 3.16. The van der Waals surface area contributed by atoms with E-state index < -0.39 is 0 Å². The Balaban J connectivity index is 3.46. The summed E-state index contributed by atoms with van der Waals surface area (Å²) in [5.41, 5.74) is 0. The predicted molar refractivity (Wildman–Crippen MR) is 73.0 cm³/mol. The van der Waals surface area contributed by atoms with Crippen molar-refractivity contribution in [3.8, 4) is 0 Å². The highest BCUT2D eigenvalue weighted by molar-refractivity contribution is 7.81. The van der Waals surface area contributed by atoms with Gasteiger partial charge in [0.05, 0.1) is 5.25 Å². The van der Waals surface area contributed by atoms with Gasteiger partial charge in [0.2, 0.25) is 5.91 Å². The largest absolute Gasteiger partial charge is 0.355 e. The second-order valence-corrected chi connectivity index (χ2v) is 5.45. The molecule has 0 aliphatic rings. The lowest BCUT2D eigenvalue weighted by atomic mass is 10.1. The van der Waals surface area contributed by atoms with Gasteiger partial charge in [0.1, 0.15) is 0 Å². The molecule has 0 aromatic heterocycles. The van der Waals surface area contributed by atoms with Crippen LogP contribution in [0.15, 0.2) is 0 Å². The Morgan fingerprint density at radius 1 is 1.27 bits per heavy atom. The number of hydrogen-bond acceptors (Lipinski definition) is 3. The van der Waals surface area contributed by atoms with Gasteiger partial charge < -0.3 is 5.32 Å². The number of rotatable bonds is 8. The molecule has 0 spiro atoms. The predicted octanol–water partition coefficient (Wildman–Crippen LogP) is 2.69. The highest BCUT2D eigenvalue weighted by Gasteiger charge is 2.12. The maximum atomic E-state index is 11.4. The van der Waals surface area contributed by atoms with Crippen LogP contribution >= 0.6 is 25.3 Å². The van der Waals surface area contributed by atoms with Gasteiger partial charge in [0.25, 0.3) is 0 Å². The SMILES string of the molecule is CCCNC(=O)C(S)CCCCC(C)S. The number of hydrogen-bond donors (Lipinski definition) is 3. The van der Waals surface area contributed by atoms with E-state index in [0.29, 0.717) is 5.25 Å². The lowest BCUT2D eigenvalue weighted by molar-refractivity contribution is -0.120. The molecule has 15 heavy (non-hydrogen) atoms. The number of amides is 1. The van der Waals surface area contributed by atoms with Crippen LogP contribution in [0.3, 0.4) is 0 Å². The zero-order valence-electron chi connectivity index (χ0n) is 9.70. The lowest BCUT2D eigenvalue weighted by Crippen LogP contribution is -2.31. The Kier molecular flexibility index (Phi) is 9.51. The fraction of sp³-hybridized carbons (Fsp3) is 0.909. The third-order valence-corrected chi connectivity index (χ3v) is 2.95. The van der Waals surface area contributed by atoms with Crippen LogP contribution in [0, 0.1) is 0 Å². The zero-order chi connectivity index (χ0) is 11.7. The second-order valence-electron chi connectivity index (χ2n) is 3.94. The molecule has 2 nitrogen and oxygen atoms in total. The van der Waals surface area contributed by atoms with Crippen LogP contribution in [-0.2, 0) is 4.79 Å². The van der Waals surface area contributed by atoms with Crippen molar-refractivity contribution in [2.75, 3.05) is 6.54 Å². The third kappa shape index (κ3) is 9.12. The van der Waals surface area contributed by atoms with Gasteiger partial charge in [-0.1, -0.05) is 26.7 Å². The highest BCUT2D eigenvalue weighted by Crippen LogP contribution is 2.12. The summed E-state index contributed by atoms with van der Waals surface area (Å²) in [6.45, 7) is 4.89. The van der Waals surface area contributed by atoms with Gasteiger partial charge >= 0.3 is 0 Å². The van der Waals surface area contributed by atoms with E-state index >= 15 is 0 Å². The fourth-order valence-corrected chi connectivity index (χ4v) is 1.73. The quantitative estimate of drug-likeness (QED) is 0.448. The highest BCUT2D eigenvalue weighted by atomic mass is 32.1. The van der Waals surface area contributed by atoms with Crippen LogP contribution in [0.5, 0.6) is 0 Å². The average molecular weight is 249 g/mol. The summed E-state index contributed by atoms with van der Waals surface area (Å²) in [4.78, 5) is 11.4. The molecule has 4 heteroatoms. The number of thiol groups is 2. The van der Waals surface area contributed by atoms with E-state index in [2.05, 4.69) is 37.5 Å². The van der Waals surface area contributed by atoms with Gasteiger partial charge in [-0.25, -0.2) is 0 Å². The first-order valence-electron chi connectivity index (χ1n) is 5.71. The van der Waals surface area contributed by atoms with E-state index in [0.717, 1.165) is 38.6 Å². The van der Waals surface area contributed by atoms with Crippen molar-refractivity contribution in [1.29, 1.82) is 0 Å². The van der Waals surface area contributed by atoms with E-state index in [1.807, 2.05) is 6.92 Å². The Bertz CT molecular complexity index is 174. The normalized spacial score (nSPS) is 14.7. The van der Waals surface area contributed by atoms with E-state index in [-0.39, 0.29) is 11.2 Å². The van der Waals surface area contributed by atoms with E-state index in [1.165, 1.54) is 0 Å². The summed E-state index contributed by atoms with van der Waals surface area (Å²) < 4.78 is 0. The van der Waals surface area contributed by atoms with Gasteiger partial charge in [0, 0.05) is 6.54 Å². The summed E-state index contributed by atoms with van der Waals surface area (Å²) in [5.74, 6) is 0.0686. The van der Waals surface area contributed by atoms with E-state index in [1.54, 1.807) is 0 Å². The molecule has 0 saturated heterocycles. The molecule has 0 aromatic rings. The summed E-state index contributed by atoms with van der Waals surface area (Å²) in [6.07, 6.45) is 5.13. The summed E-state index contributed by atoms with van der Waals surface area (Å²) in [7, 11) is 0. The van der Waals surface area contributed by atoms with Gasteiger partial charge in [-0.05, 0) is 24.5 Å². The number of unbranched alkanes of at least 4 members (excludes halogenated alkanes) is 1. The summed E-state index contributed by atoms with van der Waals surface area (Å²) >= 11 is 8.60. The molecule has 0 radical (unpaired) electrons. The Hall–Kier alpha value is 0.170. The number of carbonyl (C=O) groups is 1.